The Morgan fingerprint density at radius 3 is 1.69 bits per heavy atom. The van der Waals surface area contributed by atoms with Gasteiger partial charge < -0.3 is 53.6 Å². The van der Waals surface area contributed by atoms with Gasteiger partial charge in [-0.25, -0.2) is 14.4 Å². The first-order valence-electron chi connectivity index (χ1n) is 25.7. The number of aliphatic hydroxyl groups is 1. The van der Waals surface area contributed by atoms with Crippen molar-refractivity contribution >= 4 is 18.3 Å². The van der Waals surface area contributed by atoms with Crippen molar-refractivity contribution in [2.75, 3.05) is 0 Å². The summed E-state index contributed by atoms with van der Waals surface area (Å²) in [7, 11) is 0. The van der Waals surface area contributed by atoms with Crippen LogP contribution in [0.1, 0.15) is 73.3 Å². The Morgan fingerprint density at radius 1 is 0.680 bits per heavy atom. The van der Waals surface area contributed by atoms with Crippen molar-refractivity contribution in [3.05, 3.63) is 190 Å². The van der Waals surface area contributed by atoms with Crippen LogP contribution in [0.2, 0.25) is 0 Å². The van der Waals surface area contributed by atoms with Crippen molar-refractivity contribution in [2.45, 2.75) is 151 Å². The van der Waals surface area contributed by atoms with E-state index in [2.05, 4.69) is 20.7 Å². The first-order valence-corrected chi connectivity index (χ1v) is 25.7. The molecule has 0 radical (unpaired) electrons. The van der Waals surface area contributed by atoms with E-state index in [4.69, 9.17) is 37.9 Å². The van der Waals surface area contributed by atoms with E-state index in [0.29, 0.717) is 12.8 Å². The molecule has 5 aromatic carbocycles. The van der Waals surface area contributed by atoms with Gasteiger partial charge in [-0.1, -0.05) is 163 Å². The Hall–Kier alpha value is -7.02. The average Bonchev–Trinajstić information content (AvgIpc) is 3.85. The zero-order chi connectivity index (χ0) is 52.0. The molecule has 75 heavy (non-hydrogen) atoms. The summed E-state index contributed by atoms with van der Waals surface area (Å²) in [6, 6.07) is 42.3. The van der Waals surface area contributed by atoms with Crippen LogP contribution in [0.25, 0.3) is 10.4 Å². The smallest absolute Gasteiger partial charge is 0.410 e. The molecule has 18 heteroatoms. The van der Waals surface area contributed by atoms with Gasteiger partial charge in [0.2, 0.25) is 0 Å². The summed E-state index contributed by atoms with van der Waals surface area (Å²) in [5.41, 5.74) is 14.1. The van der Waals surface area contributed by atoms with Crippen LogP contribution in [0.3, 0.4) is 0 Å². The molecule has 1 spiro atoms. The van der Waals surface area contributed by atoms with Crippen LogP contribution in [0.15, 0.2) is 157 Å². The summed E-state index contributed by atoms with van der Waals surface area (Å²) in [4.78, 5) is 46.9. The number of nitrogens with one attached hydrogen (secondary N) is 2. The zero-order valence-electron chi connectivity index (χ0n) is 41.8. The Bertz CT molecular complexity index is 2650. The summed E-state index contributed by atoms with van der Waals surface area (Å²) >= 11 is 0. The van der Waals surface area contributed by atoms with Crippen LogP contribution >= 0.6 is 0 Å². The average molecular weight is 1030 g/mol. The number of hydrogen-bond donors (Lipinski definition) is 3. The second-order valence-corrected chi connectivity index (χ2v) is 19.4. The second kappa shape index (κ2) is 25.5. The van der Waals surface area contributed by atoms with Crippen LogP contribution in [-0.4, -0.2) is 101 Å². The van der Waals surface area contributed by atoms with Crippen LogP contribution in [0.4, 0.5) is 14.4 Å². The molecule has 2 aliphatic carbocycles. The first kappa shape index (κ1) is 52.8. The molecule has 2 aliphatic heterocycles. The van der Waals surface area contributed by atoms with Crippen molar-refractivity contribution in [1.29, 1.82) is 0 Å². The minimum Gasteiger partial charge on any atom is -0.445 e. The third-order valence-electron chi connectivity index (χ3n) is 14.2. The number of hydrogen-bond acceptors (Lipinski definition) is 13. The number of fused-ring (bicyclic) bond motifs is 1. The third-order valence-corrected chi connectivity index (χ3v) is 14.2. The normalized spacial score (nSPS) is 26.1. The third kappa shape index (κ3) is 13.6. The quantitative estimate of drug-likeness (QED) is 0.0323. The van der Waals surface area contributed by atoms with E-state index in [9.17, 15) is 25.0 Å². The Kier molecular flexibility index (Phi) is 17.9. The number of benzene rings is 5. The maximum absolute atomic E-state index is 14.4. The number of amides is 3. The monoisotopic (exact) mass is 1020 g/mol. The van der Waals surface area contributed by atoms with Gasteiger partial charge in [0.05, 0.1) is 43.0 Å². The number of carbonyl (C=O) groups excluding carboxylic acids is 3. The standard InChI is InChI=1S/C57H64N6O12/c1-38(63(33-39-20-8-2-9-21-39)56(67)71-37-43-28-16-6-17-29-43)49-45(68-34-40-22-10-3-11-23-40)32-44(61-62-58)53(72-49)73-50-46(59-54(65)69-35-41-24-12-4-13-25-41)48(64)47(60-55(66)70-36-42-26-14-5-15-27-42)51-52(50)75-57(74-51)30-18-7-19-31-57/h2-6,8-17,20-29,38,44-53,64H,7,18-19,30-37H2,1H3,(H,59,65)(H,60,66)/t38-,44+,45-,46-,47+,48-,49+,50+,51-,52-,53?/m0/s1. The fraction of sp³-hybridized carbons (Fsp3) is 0.421. The highest BCUT2D eigenvalue weighted by Crippen LogP contribution is 2.46. The van der Waals surface area contributed by atoms with Gasteiger partial charge in [-0.2, -0.15) is 0 Å². The molecule has 4 aliphatic rings. The van der Waals surface area contributed by atoms with E-state index >= 15 is 0 Å². The largest absolute Gasteiger partial charge is 0.445 e. The van der Waals surface area contributed by atoms with Gasteiger partial charge in [0.25, 0.3) is 0 Å². The molecule has 394 valence electrons. The fourth-order valence-corrected chi connectivity index (χ4v) is 10.4. The van der Waals surface area contributed by atoms with E-state index < -0.39 is 91.1 Å². The predicted molar refractivity (Wildman–Crippen MR) is 273 cm³/mol. The Labute approximate surface area is 436 Å². The highest BCUT2D eigenvalue weighted by Gasteiger charge is 2.62. The van der Waals surface area contributed by atoms with Gasteiger partial charge in [-0.15, -0.1) is 0 Å². The first-order chi connectivity index (χ1) is 36.6. The lowest BCUT2D eigenvalue weighted by Gasteiger charge is -2.49. The summed E-state index contributed by atoms with van der Waals surface area (Å²) in [5.74, 6) is -1.12. The molecule has 0 bridgehead atoms. The second-order valence-electron chi connectivity index (χ2n) is 19.4. The number of rotatable bonds is 18. The lowest BCUT2D eigenvalue weighted by molar-refractivity contribution is -0.286. The molecule has 3 N–H and O–H groups in total. The van der Waals surface area contributed by atoms with Gasteiger partial charge in [0.1, 0.15) is 44.2 Å². The number of carbonyl (C=O) groups is 3. The van der Waals surface area contributed by atoms with E-state index in [-0.39, 0.29) is 39.4 Å². The minimum atomic E-state index is -1.61. The molecule has 2 saturated heterocycles. The molecule has 0 aromatic heterocycles. The Morgan fingerprint density at radius 2 is 1.16 bits per heavy atom. The van der Waals surface area contributed by atoms with Crippen LogP contribution < -0.4 is 10.6 Å². The SMILES string of the molecule is C[C@@H]([C@H]1OC(O[C@@H]2[C@@H](NC(=O)OCc3ccccc3)[C@H](O)[C@@H](NC(=O)OCc3ccccc3)[C@@H]3OC4(CCCCC4)O[C@@H]23)[C@H](N=[N+]=[N-])C[C@@H]1OCc1ccccc1)N(Cc1ccccc1)C(=O)OCc1ccccc1. The number of azide groups is 1. The van der Waals surface area contributed by atoms with E-state index in [1.54, 1.807) is 4.90 Å². The molecule has 2 heterocycles. The minimum absolute atomic E-state index is 0.0146. The highest BCUT2D eigenvalue weighted by atomic mass is 16.8. The topological polar surface area (TPSA) is 221 Å². The molecule has 3 amide bonds. The molecule has 9 rings (SSSR count). The van der Waals surface area contributed by atoms with Gasteiger partial charge in [-0.3, -0.25) is 4.90 Å². The van der Waals surface area contributed by atoms with Crippen molar-refractivity contribution in [1.82, 2.24) is 15.5 Å². The van der Waals surface area contributed by atoms with Crippen molar-refractivity contribution in [3.8, 4) is 0 Å². The summed E-state index contributed by atoms with van der Waals surface area (Å²) < 4.78 is 51.9. The van der Waals surface area contributed by atoms with Crippen LogP contribution in [-0.2, 0) is 70.9 Å². The maximum Gasteiger partial charge on any atom is 0.410 e. The van der Waals surface area contributed by atoms with Crippen molar-refractivity contribution < 1.29 is 57.4 Å². The van der Waals surface area contributed by atoms with E-state index in [0.717, 1.165) is 47.1 Å². The van der Waals surface area contributed by atoms with Crippen LogP contribution in [0.5, 0.6) is 0 Å². The molecular weight excluding hydrogens is 961 g/mol. The lowest BCUT2D eigenvalue weighted by Crippen LogP contribution is -2.72. The molecule has 2 saturated carbocycles. The summed E-state index contributed by atoms with van der Waals surface area (Å²) in [5, 5.41) is 22.5. The number of ether oxygens (including phenoxy) is 8. The van der Waals surface area contributed by atoms with Crippen molar-refractivity contribution in [3.63, 3.8) is 0 Å². The lowest BCUT2D eigenvalue weighted by atomic mass is 9.81. The molecule has 5 aromatic rings. The zero-order valence-corrected chi connectivity index (χ0v) is 41.8. The summed E-state index contributed by atoms with van der Waals surface area (Å²) in [6.45, 7) is 2.01. The number of alkyl carbamates (subject to hydrolysis) is 2. The molecule has 4 fully saturated rings. The molecule has 1 unspecified atom stereocenters. The molecule has 11 atom stereocenters. The molecule has 18 nitrogen and oxygen atoms in total. The van der Waals surface area contributed by atoms with Crippen molar-refractivity contribution in [2.24, 2.45) is 5.11 Å². The van der Waals surface area contributed by atoms with Crippen LogP contribution in [0, 0.1) is 0 Å². The van der Waals surface area contributed by atoms with E-state index in [1.807, 2.05) is 159 Å². The van der Waals surface area contributed by atoms with Gasteiger partial charge in [0.15, 0.2) is 12.1 Å². The van der Waals surface area contributed by atoms with Gasteiger partial charge in [0, 0.05) is 24.3 Å². The summed E-state index contributed by atoms with van der Waals surface area (Å²) in [6.07, 6.45) is -6.82. The maximum atomic E-state index is 14.4. The molecular formula is C57H64N6O12. The Balaban J connectivity index is 1.05. The predicted octanol–water partition coefficient (Wildman–Crippen LogP) is 9.39. The highest BCUT2D eigenvalue weighted by molar-refractivity contribution is 5.69. The fourth-order valence-electron chi connectivity index (χ4n) is 10.4. The number of aliphatic hydroxyl groups excluding tert-OH is 1. The van der Waals surface area contributed by atoms with E-state index in [1.165, 1.54) is 0 Å². The van der Waals surface area contributed by atoms with Gasteiger partial charge >= 0.3 is 18.3 Å². The van der Waals surface area contributed by atoms with Gasteiger partial charge in [-0.05, 0) is 59.5 Å². The number of nitrogens with zero attached hydrogens (tertiary/aromatic N) is 4.